The van der Waals surface area contributed by atoms with E-state index in [-0.39, 0.29) is 0 Å². The van der Waals surface area contributed by atoms with Gasteiger partial charge in [-0.2, -0.15) is 5.10 Å². The van der Waals surface area contributed by atoms with Crippen LogP contribution in [0.15, 0.2) is 0 Å². The number of likely N-dealkylation sites (tertiary alicyclic amines) is 1. The summed E-state index contributed by atoms with van der Waals surface area (Å²) in [7, 11) is 0. The molecule has 1 aliphatic heterocycles. The number of nitrogens with one attached hydrogen (secondary N) is 2. The lowest BCUT2D eigenvalue weighted by atomic mass is 10.1. The van der Waals surface area contributed by atoms with Gasteiger partial charge in [-0.15, -0.1) is 0 Å². The number of H-pyrrole nitrogens is 1. The minimum Gasteiger partial charge on any atom is -0.309 e. The molecule has 0 aromatic carbocycles. The zero-order valence-electron chi connectivity index (χ0n) is 11.2. The molecule has 2 N–H and O–H groups in total. The molecule has 4 heteroatoms. The standard InChI is InChI=1S/C13H24N4/c1-4-17-7-5-6-12(9-17)14-8-13-10(2)15-16-11(13)3/h12,14H,4-9H2,1-3H3,(H,15,16). The fourth-order valence-corrected chi connectivity index (χ4v) is 2.59. The summed E-state index contributed by atoms with van der Waals surface area (Å²) in [6, 6.07) is 0.636. The van der Waals surface area contributed by atoms with E-state index in [4.69, 9.17) is 0 Å². The van der Waals surface area contributed by atoms with E-state index in [0.29, 0.717) is 6.04 Å². The average Bonchev–Trinajstić information content (AvgIpc) is 2.67. The minimum atomic E-state index is 0.636. The van der Waals surface area contributed by atoms with Crippen molar-refractivity contribution in [3.05, 3.63) is 17.0 Å². The summed E-state index contributed by atoms with van der Waals surface area (Å²) >= 11 is 0. The summed E-state index contributed by atoms with van der Waals surface area (Å²) < 4.78 is 0. The van der Waals surface area contributed by atoms with Crippen molar-refractivity contribution in [3.8, 4) is 0 Å². The molecule has 1 saturated heterocycles. The van der Waals surface area contributed by atoms with E-state index in [9.17, 15) is 0 Å². The Balaban J connectivity index is 1.86. The van der Waals surface area contributed by atoms with Gasteiger partial charge >= 0.3 is 0 Å². The molecule has 0 amide bonds. The molecule has 96 valence electrons. The fourth-order valence-electron chi connectivity index (χ4n) is 2.59. The van der Waals surface area contributed by atoms with Crippen LogP contribution in [0.1, 0.15) is 36.7 Å². The lowest BCUT2D eigenvalue weighted by Gasteiger charge is -2.32. The maximum atomic E-state index is 4.24. The van der Waals surface area contributed by atoms with Gasteiger partial charge in [-0.1, -0.05) is 6.92 Å². The summed E-state index contributed by atoms with van der Waals surface area (Å²) in [4.78, 5) is 2.52. The number of hydrogen-bond donors (Lipinski definition) is 2. The van der Waals surface area contributed by atoms with Gasteiger partial charge in [0.1, 0.15) is 0 Å². The third-order valence-electron chi connectivity index (χ3n) is 3.80. The quantitative estimate of drug-likeness (QED) is 0.834. The van der Waals surface area contributed by atoms with Crippen molar-refractivity contribution in [1.29, 1.82) is 0 Å². The summed E-state index contributed by atoms with van der Waals surface area (Å²) in [6.45, 7) is 11.0. The van der Waals surface area contributed by atoms with Gasteiger partial charge in [0, 0.05) is 30.4 Å². The topological polar surface area (TPSA) is 44.0 Å². The number of aromatic amines is 1. The second-order valence-corrected chi connectivity index (χ2v) is 5.03. The molecule has 1 atom stereocenters. The largest absolute Gasteiger partial charge is 0.309 e. The molecule has 0 spiro atoms. The zero-order chi connectivity index (χ0) is 12.3. The first kappa shape index (κ1) is 12.6. The Kier molecular flexibility index (Phi) is 4.18. The van der Waals surface area contributed by atoms with Crippen LogP contribution in [0, 0.1) is 13.8 Å². The first-order chi connectivity index (χ1) is 8.20. The van der Waals surface area contributed by atoms with Crippen LogP contribution in [0.25, 0.3) is 0 Å². The number of piperidine rings is 1. The number of aryl methyl sites for hydroxylation is 2. The third kappa shape index (κ3) is 3.07. The molecular formula is C13H24N4. The van der Waals surface area contributed by atoms with E-state index in [1.807, 2.05) is 0 Å². The zero-order valence-corrected chi connectivity index (χ0v) is 11.2. The molecule has 1 aromatic heterocycles. The van der Waals surface area contributed by atoms with Crippen molar-refractivity contribution >= 4 is 0 Å². The van der Waals surface area contributed by atoms with E-state index < -0.39 is 0 Å². The Hall–Kier alpha value is -0.870. The second-order valence-electron chi connectivity index (χ2n) is 5.03. The predicted octanol–water partition coefficient (Wildman–Crippen LogP) is 1.60. The highest BCUT2D eigenvalue weighted by atomic mass is 15.2. The molecule has 17 heavy (non-hydrogen) atoms. The molecule has 1 aromatic rings. The lowest BCUT2D eigenvalue weighted by Crippen LogP contribution is -2.45. The normalized spacial score (nSPS) is 21.9. The molecule has 0 radical (unpaired) electrons. The van der Waals surface area contributed by atoms with Crippen LogP contribution in [-0.4, -0.2) is 40.8 Å². The molecule has 2 heterocycles. The van der Waals surface area contributed by atoms with Gasteiger partial charge in [0.15, 0.2) is 0 Å². The first-order valence-corrected chi connectivity index (χ1v) is 6.67. The molecule has 0 saturated carbocycles. The van der Waals surface area contributed by atoms with Crippen LogP contribution in [0.5, 0.6) is 0 Å². The van der Waals surface area contributed by atoms with E-state index in [1.165, 1.54) is 43.7 Å². The lowest BCUT2D eigenvalue weighted by molar-refractivity contribution is 0.198. The molecule has 0 bridgehead atoms. The average molecular weight is 236 g/mol. The van der Waals surface area contributed by atoms with Gasteiger partial charge < -0.3 is 10.2 Å². The molecule has 2 rings (SSSR count). The highest BCUT2D eigenvalue weighted by molar-refractivity contribution is 5.22. The minimum absolute atomic E-state index is 0.636. The Morgan fingerprint density at radius 1 is 1.47 bits per heavy atom. The van der Waals surface area contributed by atoms with Crippen LogP contribution in [0.2, 0.25) is 0 Å². The van der Waals surface area contributed by atoms with Gasteiger partial charge in [0.2, 0.25) is 0 Å². The monoisotopic (exact) mass is 236 g/mol. The van der Waals surface area contributed by atoms with Gasteiger partial charge in [-0.3, -0.25) is 5.10 Å². The molecule has 4 nitrogen and oxygen atoms in total. The van der Waals surface area contributed by atoms with Crippen LogP contribution in [0.3, 0.4) is 0 Å². The van der Waals surface area contributed by atoms with Gasteiger partial charge in [0.25, 0.3) is 0 Å². The third-order valence-corrected chi connectivity index (χ3v) is 3.80. The van der Waals surface area contributed by atoms with E-state index >= 15 is 0 Å². The molecule has 1 fully saturated rings. The fraction of sp³-hybridized carbons (Fsp3) is 0.769. The Labute approximate surface area is 104 Å². The van der Waals surface area contributed by atoms with Crippen molar-refractivity contribution in [3.63, 3.8) is 0 Å². The maximum absolute atomic E-state index is 4.24. The smallest absolute Gasteiger partial charge is 0.0638 e. The Bertz CT molecular complexity index is 339. The molecule has 1 unspecified atom stereocenters. The van der Waals surface area contributed by atoms with Crippen LogP contribution < -0.4 is 5.32 Å². The Morgan fingerprint density at radius 3 is 2.94 bits per heavy atom. The maximum Gasteiger partial charge on any atom is 0.0638 e. The van der Waals surface area contributed by atoms with Crippen molar-refractivity contribution in [2.75, 3.05) is 19.6 Å². The van der Waals surface area contributed by atoms with Crippen molar-refractivity contribution in [2.45, 2.75) is 46.2 Å². The van der Waals surface area contributed by atoms with Crippen molar-refractivity contribution in [2.24, 2.45) is 0 Å². The van der Waals surface area contributed by atoms with Gasteiger partial charge in [-0.05, 0) is 39.8 Å². The first-order valence-electron chi connectivity index (χ1n) is 6.67. The summed E-state index contributed by atoms with van der Waals surface area (Å²) in [5.74, 6) is 0. The van der Waals surface area contributed by atoms with E-state index in [0.717, 1.165) is 12.2 Å². The molecule has 1 aliphatic rings. The number of nitrogens with zero attached hydrogens (tertiary/aromatic N) is 2. The molecular weight excluding hydrogens is 212 g/mol. The summed E-state index contributed by atoms with van der Waals surface area (Å²) in [6.07, 6.45) is 2.61. The number of rotatable bonds is 4. The van der Waals surface area contributed by atoms with Gasteiger partial charge in [-0.25, -0.2) is 0 Å². The highest BCUT2D eigenvalue weighted by Gasteiger charge is 2.18. The second kappa shape index (κ2) is 5.65. The Morgan fingerprint density at radius 2 is 2.29 bits per heavy atom. The number of hydrogen-bond acceptors (Lipinski definition) is 3. The summed E-state index contributed by atoms with van der Waals surface area (Å²) in [5, 5.41) is 10.9. The van der Waals surface area contributed by atoms with E-state index in [2.05, 4.69) is 41.2 Å². The SMILES string of the molecule is CCN1CCCC(NCc2c(C)n[nH]c2C)C1. The molecule has 0 aliphatic carbocycles. The highest BCUT2D eigenvalue weighted by Crippen LogP contribution is 2.13. The van der Waals surface area contributed by atoms with E-state index in [1.54, 1.807) is 0 Å². The predicted molar refractivity (Wildman–Crippen MR) is 70.0 cm³/mol. The van der Waals surface area contributed by atoms with Crippen LogP contribution in [0.4, 0.5) is 0 Å². The summed E-state index contributed by atoms with van der Waals surface area (Å²) in [5.41, 5.74) is 3.65. The van der Waals surface area contributed by atoms with Crippen LogP contribution >= 0.6 is 0 Å². The number of likely N-dealkylation sites (N-methyl/N-ethyl adjacent to an activating group) is 1. The van der Waals surface area contributed by atoms with Crippen molar-refractivity contribution in [1.82, 2.24) is 20.4 Å². The van der Waals surface area contributed by atoms with Crippen LogP contribution in [-0.2, 0) is 6.54 Å². The van der Waals surface area contributed by atoms with Crippen molar-refractivity contribution < 1.29 is 0 Å². The number of aromatic nitrogens is 2. The van der Waals surface area contributed by atoms with Gasteiger partial charge in [0.05, 0.1) is 5.69 Å².